The molecule has 0 aliphatic carbocycles. The Balaban J connectivity index is 1.73. The number of rotatable bonds is 5. The first kappa shape index (κ1) is 13.0. The average molecular weight is 290 g/mol. The molecule has 0 aliphatic heterocycles. The second-order valence-electron chi connectivity index (χ2n) is 4.17. The number of ether oxygens (including phenoxy) is 1. The van der Waals surface area contributed by atoms with Gasteiger partial charge in [-0.1, -0.05) is 23.8 Å². The van der Waals surface area contributed by atoms with Crippen LogP contribution in [-0.4, -0.2) is 27.2 Å². The van der Waals surface area contributed by atoms with E-state index in [1.807, 2.05) is 25.1 Å². The molecule has 6 nitrogen and oxygen atoms in total. The molecule has 7 heteroatoms. The third-order valence-corrected chi connectivity index (χ3v) is 3.68. The van der Waals surface area contributed by atoms with Crippen LogP contribution in [0.4, 0.5) is 0 Å². The van der Waals surface area contributed by atoms with Crippen LogP contribution < -0.4 is 4.74 Å². The van der Waals surface area contributed by atoms with Crippen LogP contribution in [0.15, 0.2) is 27.9 Å². The summed E-state index contributed by atoms with van der Waals surface area (Å²) in [7, 11) is 1.65. The highest BCUT2D eigenvalue weighted by Gasteiger charge is 2.08. The van der Waals surface area contributed by atoms with Gasteiger partial charge in [0.15, 0.2) is 11.0 Å². The number of thioether (sulfide) groups is 1. The van der Waals surface area contributed by atoms with E-state index in [2.05, 4.69) is 20.1 Å². The first-order valence-corrected chi connectivity index (χ1v) is 7.25. The molecule has 3 rings (SSSR count). The summed E-state index contributed by atoms with van der Waals surface area (Å²) in [6, 6.07) is 5.74. The molecule has 0 amide bonds. The minimum absolute atomic E-state index is 0.601. The highest BCUT2D eigenvalue weighted by Crippen LogP contribution is 2.24. The molecule has 0 radical (unpaired) electrons. The van der Waals surface area contributed by atoms with Crippen molar-refractivity contribution in [1.82, 2.24) is 20.1 Å². The Morgan fingerprint density at radius 2 is 2.25 bits per heavy atom. The molecular weight excluding hydrogens is 276 g/mol. The van der Waals surface area contributed by atoms with Gasteiger partial charge < -0.3 is 14.2 Å². The van der Waals surface area contributed by atoms with E-state index in [-0.39, 0.29) is 0 Å². The molecule has 20 heavy (non-hydrogen) atoms. The van der Waals surface area contributed by atoms with Gasteiger partial charge in [0.05, 0.1) is 23.9 Å². The number of fused-ring (bicyclic) bond motifs is 1. The van der Waals surface area contributed by atoms with Crippen LogP contribution in [0.3, 0.4) is 0 Å². The number of hydrogen-bond acceptors (Lipinski definition) is 6. The van der Waals surface area contributed by atoms with Crippen LogP contribution in [-0.2, 0) is 12.2 Å². The van der Waals surface area contributed by atoms with Crippen molar-refractivity contribution in [1.29, 1.82) is 0 Å². The SMILES string of the molecule is CCc1noc(CSc2nc3ccc(OC)cc3[nH]2)n1. The second-order valence-corrected chi connectivity index (χ2v) is 5.14. The van der Waals surface area contributed by atoms with Gasteiger partial charge in [0.25, 0.3) is 0 Å². The van der Waals surface area contributed by atoms with Crippen molar-refractivity contribution in [3.05, 3.63) is 29.9 Å². The number of aromatic nitrogens is 4. The topological polar surface area (TPSA) is 76.8 Å². The highest BCUT2D eigenvalue weighted by molar-refractivity contribution is 7.98. The smallest absolute Gasteiger partial charge is 0.237 e. The molecule has 0 spiro atoms. The number of nitrogens with zero attached hydrogens (tertiary/aromatic N) is 3. The Bertz CT molecular complexity index is 722. The monoisotopic (exact) mass is 290 g/mol. The summed E-state index contributed by atoms with van der Waals surface area (Å²) in [5.74, 6) is 2.76. The van der Waals surface area contributed by atoms with Crippen LogP contribution in [0.1, 0.15) is 18.6 Å². The predicted octanol–water partition coefficient (Wildman–Crippen LogP) is 2.81. The first-order chi connectivity index (χ1) is 9.78. The summed E-state index contributed by atoms with van der Waals surface area (Å²) in [5.41, 5.74) is 1.86. The number of imidazole rings is 1. The lowest BCUT2D eigenvalue weighted by Gasteiger charge is -1.96. The van der Waals surface area contributed by atoms with Gasteiger partial charge in [0.2, 0.25) is 5.89 Å². The van der Waals surface area contributed by atoms with Crippen LogP contribution in [0.2, 0.25) is 0 Å². The quantitative estimate of drug-likeness (QED) is 0.728. The zero-order valence-electron chi connectivity index (χ0n) is 11.2. The number of nitrogens with one attached hydrogen (secondary N) is 1. The maximum Gasteiger partial charge on any atom is 0.237 e. The van der Waals surface area contributed by atoms with Crippen LogP contribution >= 0.6 is 11.8 Å². The molecule has 0 saturated carbocycles. The van der Waals surface area contributed by atoms with E-state index in [0.29, 0.717) is 11.6 Å². The fraction of sp³-hybridized carbons (Fsp3) is 0.308. The third kappa shape index (κ3) is 2.62. The molecule has 1 aromatic carbocycles. The van der Waals surface area contributed by atoms with Gasteiger partial charge in [-0.2, -0.15) is 4.98 Å². The molecule has 2 aromatic heterocycles. The number of hydrogen-bond donors (Lipinski definition) is 1. The summed E-state index contributed by atoms with van der Waals surface area (Å²) in [5, 5.41) is 4.69. The van der Waals surface area contributed by atoms with Gasteiger partial charge in [-0.3, -0.25) is 0 Å². The fourth-order valence-corrected chi connectivity index (χ4v) is 2.51. The van der Waals surface area contributed by atoms with E-state index in [1.54, 1.807) is 7.11 Å². The molecule has 0 unspecified atom stereocenters. The van der Waals surface area contributed by atoms with E-state index >= 15 is 0 Å². The summed E-state index contributed by atoms with van der Waals surface area (Å²) >= 11 is 1.53. The Morgan fingerprint density at radius 1 is 1.35 bits per heavy atom. The lowest BCUT2D eigenvalue weighted by molar-refractivity contribution is 0.385. The lowest BCUT2D eigenvalue weighted by Crippen LogP contribution is -1.84. The molecule has 0 fully saturated rings. The fourth-order valence-electron chi connectivity index (χ4n) is 1.78. The van der Waals surface area contributed by atoms with Crippen molar-refractivity contribution in [2.75, 3.05) is 7.11 Å². The lowest BCUT2D eigenvalue weighted by atomic mass is 10.3. The van der Waals surface area contributed by atoms with Crippen molar-refractivity contribution in [3.8, 4) is 5.75 Å². The predicted molar refractivity (Wildman–Crippen MR) is 75.9 cm³/mol. The Labute approximate surface area is 119 Å². The molecule has 1 N–H and O–H groups in total. The maximum atomic E-state index is 5.19. The van der Waals surface area contributed by atoms with Gasteiger partial charge in [-0.15, -0.1) is 0 Å². The number of methoxy groups -OCH3 is 1. The zero-order valence-corrected chi connectivity index (χ0v) is 12.0. The standard InChI is InChI=1S/C13H14N4O2S/c1-3-11-16-12(19-17-11)7-20-13-14-9-5-4-8(18-2)6-10(9)15-13/h4-6H,3,7H2,1-2H3,(H,14,15). The van der Waals surface area contributed by atoms with Gasteiger partial charge in [0.1, 0.15) is 5.75 Å². The largest absolute Gasteiger partial charge is 0.497 e. The minimum Gasteiger partial charge on any atom is -0.497 e. The van der Waals surface area contributed by atoms with Crippen LogP contribution in [0.5, 0.6) is 5.75 Å². The molecule has 104 valence electrons. The second kappa shape index (κ2) is 5.54. The van der Waals surface area contributed by atoms with Gasteiger partial charge in [0, 0.05) is 12.5 Å². The summed E-state index contributed by atoms with van der Waals surface area (Å²) in [4.78, 5) is 12.0. The third-order valence-electron chi connectivity index (χ3n) is 2.83. The minimum atomic E-state index is 0.601. The van der Waals surface area contributed by atoms with Crippen LogP contribution in [0.25, 0.3) is 11.0 Å². The number of H-pyrrole nitrogens is 1. The molecule has 0 atom stereocenters. The molecule has 0 bridgehead atoms. The van der Waals surface area contributed by atoms with Crippen molar-refractivity contribution >= 4 is 22.8 Å². The molecular formula is C13H14N4O2S. The van der Waals surface area contributed by atoms with Gasteiger partial charge in [-0.05, 0) is 12.1 Å². The Hall–Kier alpha value is -2.02. The Morgan fingerprint density at radius 3 is 3.00 bits per heavy atom. The van der Waals surface area contributed by atoms with Gasteiger partial charge >= 0.3 is 0 Å². The number of aromatic amines is 1. The summed E-state index contributed by atoms with van der Waals surface area (Å²) in [6.07, 6.45) is 0.776. The van der Waals surface area contributed by atoms with Gasteiger partial charge in [-0.25, -0.2) is 4.98 Å². The molecule has 3 aromatic rings. The highest BCUT2D eigenvalue weighted by atomic mass is 32.2. The molecule has 0 aliphatic rings. The average Bonchev–Trinajstić information content (AvgIpc) is 3.10. The van der Waals surface area contributed by atoms with E-state index in [4.69, 9.17) is 9.26 Å². The summed E-state index contributed by atoms with van der Waals surface area (Å²) in [6.45, 7) is 1.99. The molecule has 0 saturated heterocycles. The normalized spacial score (nSPS) is 11.1. The number of aryl methyl sites for hydroxylation is 1. The van der Waals surface area contributed by atoms with E-state index in [0.717, 1.165) is 34.2 Å². The summed E-state index contributed by atoms with van der Waals surface area (Å²) < 4.78 is 10.3. The van der Waals surface area contributed by atoms with Crippen molar-refractivity contribution in [2.24, 2.45) is 0 Å². The van der Waals surface area contributed by atoms with Crippen molar-refractivity contribution in [3.63, 3.8) is 0 Å². The maximum absolute atomic E-state index is 5.19. The molecule has 2 heterocycles. The van der Waals surface area contributed by atoms with Crippen LogP contribution in [0, 0.1) is 0 Å². The van der Waals surface area contributed by atoms with E-state index < -0.39 is 0 Å². The van der Waals surface area contributed by atoms with E-state index in [9.17, 15) is 0 Å². The number of benzene rings is 1. The first-order valence-electron chi connectivity index (χ1n) is 6.26. The zero-order chi connectivity index (χ0) is 13.9. The van der Waals surface area contributed by atoms with Crippen molar-refractivity contribution < 1.29 is 9.26 Å². The Kier molecular flexibility index (Phi) is 3.60. The van der Waals surface area contributed by atoms with E-state index in [1.165, 1.54) is 11.8 Å². The van der Waals surface area contributed by atoms with Crippen molar-refractivity contribution in [2.45, 2.75) is 24.3 Å².